The standard InChI is InChI=1S/C16H16N2O4/c1-9-15(10(2)19)16(11(3)20)17-18(9)12-4-5-13-14(8-12)22-7-6-21-13/h4-5,8H,6-7H2,1-3H3. The van der Waals surface area contributed by atoms with Gasteiger partial charge >= 0.3 is 0 Å². The van der Waals surface area contributed by atoms with Crippen LogP contribution in [0.4, 0.5) is 0 Å². The fraction of sp³-hybridized carbons (Fsp3) is 0.312. The minimum absolute atomic E-state index is 0.175. The van der Waals surface area contributed by atoms with Gasteiger partial charge in [0, 0.05) is 13.0 Å². The highest BCUT2D eigenvalue weighted by molar-refractivity contribution is 6.06. The first-order valence-corrected chi connectivity index (χ1v) is 7.00. The minimum atomic E-state index is -0.232. The Balaban J connectivity index is 2.14. The molecule has 3 rings (SSSR count). The van der Waals surface area contributed by atoms with Crippen molar-refractivity contribution in [3.8, 4) is 17.2 Å². The zero-order valence-electron chi connectivity index (χ0n) is 12.7. The van der Waals surface area contributed by atoms with Crippen LogP contribution < -0.4 is 9.47 Å². The van der Waals surface area contributed by atoms with Crippen molar-refractivity contribution in [3.63, 3.8) is 0 Å². The maximum atomic E-state index is 11.8. The number of fused-ring (bicyclic) bond motifs is 1. The third-order valence-corrected chi connectivity index (χ3v) is 3.57. The summed E-state index contributed by atoms with van der Waals surface area (Å²) in [4.78, 5) is 23.5. The highest BCUT2D eigenvalue weighted by atomic mass is 16.6. The van der Waals surface area contributed by atoms with Gasteiger partial charge in [0.05, 0.1) is 16.9 Å². The van der Waals surface area contributed by atoms with Gasteiger partial charge in [-0.15, -0.1) is 0 Å². The molecule has 0 fully saturated rings. The Morgan fingerprint density at radius 3 is 2.36 bits per heavy atom. The molecule has 2 aromatic rings. The van der Waals surface area contributed by atoms with E-state index < -0.39 is 0 Å². The molecule has 0 bridgehead atoms. The van der Waals surface area contributed by atoms with Crippen LogP contribution in [0.25, 0.3) is 5.69 Å². The number of ketones is 2. The fourth-order valence-electron chi connectivity index (χ4n) is 2.59. The first-order chi connectivity index (χ1) is 10.5. The highest BCUT2D eigenvalue weighted by Crippen LogP contribution is 2.32. The van der Waals surface area contributed by atoms with Gasteiger partial charge in [-0.1, -0.05) is 0 Å². The lowest BCUT2D eigenvalue weighted by atomic mass is 10.1. The van der Waals surface area contributed by atoms with Crippen LogP contribution in [0.1, 0.15) is 40.4 Å². The van der Waals surface area contributed by atoms with E-state index in [-0.39, 0.29) is 17.3 Å². The van der Waals surface area contributed by atoms with Gasteiger partial charge in [-0.25, -0.2) is 4.68 Å². The average molecular weight is 300 g/mol. The van der Waals surface area contributed by atoms with Crippen LogP contribution in [0.5, 0.6) is 11.5 Å². The molecule has 0 N–H and O–H groups in total. The number of rotatable bonds is 3. The van der Waals surface area contributed by atoms with Crippen molar-refractivity contribution in [3.05, 3.63) is 35.2 Å². The van der Waals surface area contributed by atoms with Crippen molar-refractivity contribution >= 4 is 11.6 Å². The molecular formula is C16H16N2O4. The van der Waals surface area contributed by atoms with Crippen molar-refractivity contribution < 1.29 is 19.1 Å². The molecular weight excluding hydrogens is 284 g/mol. The van der Waals surface area contributed by atoms with Crippen LogP contribution in [0.2, 0.25) is 0 Å². The van der Waals surface area contributed by atoms with Gasteiger partial charge in [-0.3, -0.25) is 9.59 Å². The van der Waals surface area contributed by atoms with Crippen LogP contribution in [0.3, 0.4) is 0 Å². The topological polar surface area (TPSA) is 70.4 Å². The van der Waals surface area contributed by atoms with Crippen LogP contribution in [-0.2, 0) is 0 Å². The van der Waals surface area contributed by atoms with Gasteiger partial charge in [0.15, 0.2) is 23.1 Å². The molecule has 0 radical (unpaired) electrons. The first-order valence-electron chi connectivity index (χ1n) is 7.00. The number of ether oxygens (including phenoxy) is 2. The van der Waals surface area contributed by atoms with E-state index in [0.29, 0.717) is 36.0 Å². The zero-order valence-corrected chi connectivity index (χ0v) is 12.7. The average Bonchev–Trinajstić information content (AvgIpc) is 2.84. The maximum Gasteiger partial charge on any atom is 0.180 e. The van der Waals surface area contributed by atoms with E-state index in [2.05, 4.69) is 5.10 Å². The van der Waals surface area contributed by atoms with Gasteiger partial charge in [0.2, 0.25) is 0 Å². The Labute approximate surface area is 127 Å². The fourth-order valence-corrected chi connectivity index (χ4v) is 2.59. The Hall–Kier alpha value is -2.63. The van der Waals surface area contributed by atoms with Gasteiger partial charge in [-0.2, -0.15) is 5.10 Å². The van der Waals surface area contributed by atoms with Crippen LogP contribution in [0.15, 0.2) is 18.2 Å². The number of nitrogens with zero attached hydrogens (tertiary/aromatic N) is 2. The normalized spacial score (nSPS) is 13.0. The summed E-state index contributed by atoms with van der Waals surface area (Å²) in [6.45, 7) is 5.63. The molecule has 1 aliphatic rings. The quantitative estimate of drug-likeness (QED) is 0.814. The molecule has 0 atom stereocenters. The van der Waals surface area contributed by atoms with E-state index in [1.165, 1.54) is 13.8 Å². The molecule has 0 saturated heterocycles. The number of hydrogen-bond donors (Lipinski definition) is 0. The van der Waals surface area contributed by atoms with Gasteiger partial charge < -0.3 is 9.47 Å². The van der Waals surface area contributed by atoms with E-state index in [0.717, 1.165) is 5.69 Å². The second kappa shape index (κ2) is 5.29. The van der Waals surface area contributed by atoms with Crippen molar-refractivity contribution in [2.24, 2.45) is 0 Å². The van der Waals surface area contributed by atoms with Crippen molar-refractivity contribution in [1.82, 2.24) is 9.78 Å². The second-order valence-electron chi connectivity index (χ2n) is 5.16. The Bertz CT molecular complexity index is 777. The lowest BCUT2D eigenvalue weighted by Gasteiger charge is -2.19. The van der Waals surface area contributed by atoms with E-state index in [9.17, 15) is 9.59 Å². The molecule has 6 nitrogen and oxygen atoms in total. The SMILES string of the molecule is CC(=O)c1nn(-c2ccc3c(c2)OCCO3)c(C)c1C(C)=O. The number of hydrogen-bond acceptors (Lipinski definition) is 5. The summed E-state index contributed by atoms with van der Waals surface area (Å²) in [6.07, 6.45) is 0. The molecule has 0 unspecified atom stereocenters. The minimum Gasteiger partial charge on any atom is -0.486 e. The second-order valence-corrected chi connectivity index (χ2v) is 5.16. The molecule has 114 valence electrons. The monoisotopic (exact) mass is 300 g/mol. The highest BCUT2D eigenvalue weighted by Gasteiger charge is 2.22. The van der Waals surface area contributed by atoms with Crippen molar-refractivity contribution in [2.75, 3.05) is 13.2 Å². The Kier molecular flexibility index (Phi) is 3.44. The largest absolute Gasteiger partial charge is 0.486 e. The van der Waals surface area contributed by atoms with Crippen LogP contribution >= 0.6 is 0 Å². The molecule has 0 aliphatic carbocycles. The molecule has 1 aromatic heterocycles. The molecule has 0 amide bonds. The predicted molar refractivity (Wildman–Crippen MR) is 79.3 cm³/mol. The Morgan fingerprint density at radius 2 is 1.77 bits per heavy atom. The summed E-state index contributed by atoms with van der Waals surface area (Å²) in [5.41, 5.74) is 1.91. The summed E-state index contributed by atoms with van der Waals surface area (Å²) in [7, 11) is 0. The lowest BCUT2D eigenvalue weighted by Crippen LogP contribution is -2.15. The van der Waals surface area contributed by atoms with E-state index >= 15 is 0 Å². The first kappa shape index (κ1) is 14.3. The van der Waals surface area contributed by atoms with E-state index in [1.54, 1.807) is 23.7 Å². The Morgan fingerprint density at radius 1 is 1.09 bits per heavy atom. The number of Topliss-reactive ketones (excluding diaryl/α,β-unsaturated/α-hetero) is 2. The predicted octanol–water partition coefficient (Wildman–Crippen LogP) is 2.36. The molecule has 1 aromatic carbocycles. The molecule has 22 heavy (non-hydrogen) atoms. The molecule has 0 saturated carbocycles. The number of carbonyl (C=O) groups excluding carboxylic acids is 2. The maximum absolute atomic E-state index is 11.8. The lowest BCUT2D eigenvalue weighted by molar-refractivity contribution is 0.0978. The van der Waals surface area contributed by atoms with E-state index in [4.69, 9.17) is 9.47 Å². The van der Waals surface area contributed by atoms with Crippen LogP contribution in [0, 0.1) is 6.92 Å². The number of carbonyl (C=O) groups is 2. The van der Waals surface area contributed by atoms with Crippen molar-refractivity contribution in [2.45, 2.75) is 20.8 Å². The third-order valence-electron chi connectivity index (χ3n) is 3.57. The van der Waals surface area contributed by atoms with Gasteiger partial charge in [0.1, 0.15) is 18.9 Å². The molecule has 0 spiro atoms. The van der Waals surface area contributed by atoms with Gasteiger partial charge in [0.25, 0.3) is 0 Å². The smallest absolute Gasteiger partial charge is 0.180 e. The summed E-state index contributed by atoms with van der Waals surface area (Å²) >= 11 is 0. The summed E-state index contributed by atoms with van der Waals surface area (Å²) < 4.78 is 12.6. The van der Waals surface area contributed by atoms with Crippen LogP contribution in [-0.4, -0.2) is 34.6 Å². The molecule has 6 heteroatoms. The third kappa shape index (κ3) is 2.26. The zero-order chi connectivity index (χ0) is 15.9. The number of aromatic nitrogens is 2. The van der Waals surface area contributed by atoms with E-state index in [1.807, 2.05) is 6.07 Å². The summed E-state index contributed by atoms with van der Waals surface area (Å²) in [5.74, 6) is 0.905. The summed E-state index contributed by atoms with van der Waals surface area (Å²) in [6, 6.07) is 5.41. The molecule has 1 aliphatic heterocycles. The van der Waals surface area contributed by atoms with Crippen molar-refractivity contribution in [1.29, 1.82) is 0 Å². The van der Waals surface area contributed by atoms with Gasteiger partial charge in [-0.05, 0) is 26.0 Å². The number of benzene rings is 1. The summed E-state index contributed by atoms with van der Waals surface area (Å²) in [5, 5.41) is 4.30. The molecule has 2 heterocycles.